The van der Waals surface area contributed by atoms with Crippen LogP contribution in [0.2, 0.25) is 5.02 Å². The molecule has 3 N–H and O–H groups in total. The zero-order chi connectivity index (χ0) is 21.1. The highest BCUT2D eigenvalue weighted by Gasteiger charge is 2.20. The fraction of sp³-hybridized carbons (Fsp3) is 0.0500. The number of benzene rings is 2. The Balaban J connectivity index is 2.22. The molecule has 0 radical (unpaired) electrons. The van der Waals surface area contributed by atoms with E-state index < -0.39 is 11.9 Å². The lowest BCUT2D eigenvalue weighted by atomic mass is 10.0. The number of aliphatic carboxylic acids is 1. The number of halogens is 1. The third kappa shape index (κ3) is 3.98. The molecule has 3 aromatic rings. The first-order chi connectivity index (χ1) is 13.8. The van der Waals surface area contributed by atoms with Gasteiger partial charge in [0.2, 0.25) is 6.41 Å². The van der Waals surface area contributed by atoms with Crippen molar-refractivity contribution in [1.29, 1.82) is 0 Å². The number of hydrogen-bond acceptors (Lipinski definition) is 4. The Bertz CT molecular complexity index is 1150. The van der Waals surface area contributed by atoms with Crippen molar-refractivity contribution >= 4 is 58.2 Å². The number of H-pyrrole nitrogens is 1. The molecule has 1 amide bonds. The number of carboxylic acids is 2. The second-order valence-electron chi connectivity index (χ2n) is 5.94. The number of hydrogen-bond donors (Lipinski definition) is 3. The van der Waals surface area contributed by atoms with Gasteiger partial charge in [0, 0.05) is 21.5 Å². The first-order valence-corrected chi connectivity index (χ1v) is 8.62. The number of fused-ring (bicyclic) bond motifs is 1. The van der Waals surface area contributed by atoms with Crippen molar-refractivity contribution in [1.82, 2.24) is 4.98 Å². The van der Waals surface area contributed by atoms with Crippen LogP contribution < -0.4 is 5.06 Å². The van der Waals surface area contributed by atoms with Gasteiger partial charge in [-0.25, -0.2) is 9.59 Å². The summed E-state index contributed by atoms with van der Waals surface area (Å²) < 4.78 is 0. The molecule has 0 saturated heterocycles. The second kappa shape index (κ2) is 8.17. The molecule has 0 aliphatic rings. The number of carbonyl (C=O) groups is 3. The quantitative estimate of drug-likeness (QED) is 0.308. The maximum atomic E-state index is 12.0. The van der Waals surface area contributed by atoms with Crippen LogP contribution in [0.25, 0.3) is 22.6 Å². The van der Waals surface area contributed by atoms with Gasteiger partial charge in [0.05, 0.1) is 18.4 Å². The lowest BCUT2D eigenvalue weighted by Crippen LogP contribution is -2.19. The number of amides is 1. The van der Waals surface area contributed by atoms with E-state index in [0.717, 1.165) is 5.06 Å². The monoisotopic (exact) mass is 414 g/mol. The molecule has 1 aromatic heterocycles. The summed E-state index contributed by atoms with van der Waals surface area (Å²) in [5, 5.41) is 21.1. The van der Waals surface area contributed by atoms with Gasteiger partial charge in [-0.1, -0.05) is 29.8 Å². The van der Waals surface area contributed by atoms with Crippen LogP contribution in [0.3, 0.4) is 0 Å². The molecule has 3 rings (SSSR count). The summed E-state index contributed by atoms with van der Waals surface area (Å²) in [6.45, 7) is 0. The van der Waals surface area contributed by atoms with E-state index in [2.05, 4.69) is 4.98 Å². The maximum absolute atomic E-state index is 12.0. The van der Waals surface area contributed by atoms with Crippen LogP contribution in [-0.4, -0.2) is 40.7 Å². The number of aromatic amines is 1. The van der Waals surface area contributed by atoms with E-state index in [1.54, 1.807) is 30.3 Å². The third-order valence-electron chi connectivity index (χ3n) is 4.24. The Morgan fingerprint density at radius 1 is 1.17 bits per heavy atom. The number of rotatable bonds is 7. The number of carboxylic acid groups (broad SMARTS) is 2. The average Bonchev–Trinajstić information content (AvgIpc) is 3.04. The van der Waals surface area contributed by atoms with Gasteiger partial charge in [-0.2, -0.15) is 5.06 Å². The molecule has 0 fully saturated rings. The van der Waals surface area contributed by atoms with E-state index in [-0.39, 0.29) is 22.4 Å². The molecule has 0 unspecified atom stereocenters. The summed E-state index contributed by atoms with van der Waals surface area (Å²) in [4.78, 5) is 42.4. The first-order valence-electron chi connectivity index (χ1n) is 8.24. The van der Waals surface area contributed by atoms with E-state index in [0.29, 0.717) is 28.0 Å². The van der Waals surface area contributed by atoms with Gasteiger partial charge >= 0.3 is 11.9 Å². The summed E-state index contributed by atoms with van der Waals surface area (Å²) in [5.41, 5.74) is 0.919. The Hall–Kier alpha value is -3.62. The van der Waals surface area contributed by atoms with Gasteiger partial charge in [-0.3, -0.25) is 9.63 Å². The Morgan fingerprint density at radius 3 is 2.55 bits per heavy atom. The fourth-order valence-electron chi connectivity index (χ4n) is 2.94. The molecule has 0 aliphatic carbocycles. The van der Waals surface area contributed by atoms with Crippen molar-refractivity contribution in [3.05, 3.63) is 64.3 Å². The zero-order valence-electron chi connectivity index (χ0n) is 15.0. The molecular formula is C20H15ClN2O6. The van der Waals surface area contributed by atoms with Crippen LogP contribution in [-0.2, 0) is 14.4 Å². The number of nitrogens with one attached hydrogen (secondary N) is 1. The standard InChI is InChI=1S/C20H15ClN2O6/c1-29-23(10-24)13-4-2-3-11(7-13)15(19(25)26)9-16-14-6-5-12(21)8-17(14)22-18(16)20(27)28/h2-10,22H,1H3,(H,25,26)(H,27,28). The van der Waals surface area contributed by atoms with Gasteiger partial charge in [0.25, 0.3) is 0 Å². The minimum absolute atomic E-state index is 0.160. The minimum Gasteiger partial charge on any atom is -0.478 e. The molecule has 9 heteroatoms. The number of carbonyl (C=O) groups excluding carboxylic acids is 1. The SMILES string of the molecule is CON(C=O)c1cccc(C(=Cc2c(C(=O)O)[nH]c3cc(Cl)ccc23)C(=O)O)c1. The minimum atomic E-state index is -1.27. The van der Waals surface area contributed by atoms with E-state index in [1.165, 1.54) is 25.3 Å². The van der Waals surface area contributed by atoms with Crippen LogP contribution in [0.5, 0.6) is 0 Å². The summed E-state index contributed by atoms with van der Waals surface area (Å²) >= 11 is 5.96. The lowest BCUT2D eigenvalue weighted by molar-refractivity contribution is -0.130. The van der Waals surface area contributed by atoms with E-state index in [4.69, 9.17) is 16.4 Å². The molecule has 8 nitrogen and oxygen atoms in total. The predicted octanol–water partition coefficient (Wildman–Crippen LogP) is 3.67. The highest BCUT2D eigenvalue weighted by molar-refractivity contribution is 6.31. The molecule has 0 spiro atoms. The number of aromatic carboxylic acids is 1. The Morgan fingerprint density at radius 2 is 1.93 bits per heavy atom. The van der Waals surface area contributed by atoms with E-state index >= 15 is 0 Å². The van der Waals surface area contributed by atoms with Gasteiger partial charge in [-0.15, -0.1) is 0 Å². The predicted molar refractivity (Wildman–Crippen MR) is 108 cm³/mol. The normalized spacial score (nSPS) is 11.4. The molecule has 29 heavy (non-hydrogen) atoms. The zero-order valence-corrected chi connectivity index (χ0v) is 15.8. The highest BCUT2D eigenvalue weighted by Crippen LogP contribution is 2.30. The van der Waals surface area contributed by atoms with Gasteiger partial charge in [0.1, 0.15) is 5.69 Å². The molecule has 0 saturated carbocycles. The van der Waals surface area contributed by atoms with Gasteiger partial charge < -0.3 is 15.2 Å². The van der Waals surface area contributed by atoms with Crippen LogP contribution in [0.4, 0.5) is 5.69 Å². The molecule has 1 heterocycles. The fourth-order valence-corrected chi connectivity index (χ4v) is 3.11. The van der Waals surface area contributed by atoms with E-state index in [1.807, 2.05) is 0 Å². The number of nitrogens with zero attached hydrogens (tertiary/aromatic N) is 1. The Kier molecular flexibility index (Phi) is 5.67. The largest absolute Gasteiger partial charge is 0.478 e. The summed E-state index contributed by atoms with van der Waals surface area (Å²) in [5.74, 6) is -2.51. The average molecular weight is 415 g/mol. The molecule has 148 valence electrons. The first kappa shape index (κ1) is 20.1. The van der Waals surface area contributed by atoms with Crippen molar-refractivity contribution in [2.24, 2.45) is 0 Å². The summed E-state index contributed by atoms with van der Waals surface area (Å²) in [7, 11) is 1.30. The van der Waals surface area contributed by atoms with Crippen LogP contribution >= 0.6 is 11.6 Å². The van der Waals surface area contributed by atoms with Crippen molar-refractivity contribution < 1.29 is 29.4 Å². The van der Waals surface area contributed by atoms with Crippen molar-refractivity contribution in [2.45, 2.75) is 0 Å². The Labute approximate surface area is 169 Å². The number of anilines is 1. The highest BCUT2D eigenvalue weighted by atomic mass is 35.5. The molecule has 2 aromatic carbocycles. The maximum Gasteiger partial charge on any atom is 0.352 e. The third-order valence-corrected chi connectivity index (χ3v) is 4.47. The topological polar surface area (TPSA) is 120 Å². The second-order valence-corrected chi connectivity index (χ2v) is 6.37. The van der Waals surface area contributed by atoms with Crippen LogP contribution in [0, 0.1) is 0 Å². The van der Waals surface area contributed by atoms with Crippen molar-refractivity contribution in [3.8, 4) is 0 Å². The van der Waals surface area contributed by atoms with E-state index in [9.17, 15) is 24.6 Å². The summed E-state index contributed by atoms with van der Waals surface area (Å²) in [6, 6.07) is 10.9. The van der Waals surface area contributed by atoms with Gasteiger partial charge in [0.15, 0.2) is 0 Å². The molecule has 0 aliphatic heterocycles. The summed E-state index contributed by atoms with van der Waals surface area (Å²) in [6.07, 6.45) is 1.71. The molecule has 0 bridgehead atoms. The van der Waals surface area contributed by atoms with Crippen LogP contribution in [0.1, 0.15) is 21.6 Å². The molecule has 0 atom stereocenters. The van der Waals surface area contributed by atoms with Crippen molar-refractivity contribution in [3.63, 3.8) is 0 Å². The smallest absolute Gasteiger partial charge is 0.352 e. The number of aromatic nitrogens is 1. The van der Waals surface area contributed by atoms with Crippen LogP contribution in [0.15, 0.2) is 42.5 Å². The number of hydroxylamine groups is 1. The van der Waals surface area contributed by atoms with Gasteiger partial charge in [-0.05, 0) is 35.9 Å². The molecular weight excluding hydrogens is 400 g/mol. The van der Waals surface area contributed by atoms with Crippen molar-refractivity contribution in [2.75, 3.05) is 12.2 Å². The lowest BCUT2D eigenvalue weighted by Gasteiger charge is -2.15.